The first-order chi connectivity index (χ1) is 12.1. The molecule has 0 aliphatic heterocycles. The van der Waals surface area contributed by atoms with Gasteiger partial charge in [-0.3, -0.25) is 4.79 Å². The third kappa shape index (κ3) is 2.46. The van der Waals surface area contributed by atoms with Crippen molar-refractivity contribution in [1.82, 2.24) is 14.5 Å². The normalized spacial score (nSPS) is 13.7. The van der Waals surface area contributed by atoms with E-state index in [9.17, 15) is 9.90 Å². The summed E-state index contributed by atoms with van der Waals surface area (Å²) in [4.78, 5) is 21.0. The van der Waals surface area contributed by atoms with Crippen molar-refractivity contribution in [3.8, 4) is 28.3 Å². The number of hydrogen-bond donors (Lipinski definition) is 2. The van der Waals surface area contributed by atoms with Crippen LogP contribution in [-0.2, 0) is 13.5 Å². The first-order valence-corrected chi connectivity index (χ1v) is 8.19. The highest BCUT2D eigenvalue weighted by atomic mass is 16.3. The zero-order valence-electron chi connectivity index (χ0n) is 13.9. The van der Waals surface area contributed by atoms with E-state index >= 15 is 0 Å². The summed E-state index contributed by atoms with van der Waals surface area (Å²) in [7, 11) is 1.94. The highest BCUT2D eigenvalue weighted by molar-refractivity contribution is 6.08. The van der Waals surface area contributed by atoms with Crippen LogP contribution in [0, 0.1) is 0 Å². The number of nitrogens with zero attached hydrogens (tertiary/aromatic N) is 3. The maximum Gasteiger partial charge on any atom is 0.220 e. The lowest BCUT2D eigenvalue weighted by Gasteiger charge is -2.13. The van der Waals surface area contributed by atoms with Crippen molar-refractivity contribution in [2.45, 2.75) is 19.3 Å². The van der Waals surface area contributed by atoms with Crippen LogP contribution >= 0.6 is 0 Å². The van der Waals surface area contributed by atoms with E-state index < -0.39 is 0 Å². The molecular formula is C19H18N4O2. The van der Waals surface area contributed by atoms with E-state index in [1.54, 1.807) is 30.5 Å². The molecule has 1 aliphatic rings. The highest BCUT2D eigenvalue weighted by Gasteiger charge is 2.30. The van der Waals surface area contributed by atoms with Crippen molar-refractivity contribution in [2.24, 2.45) is 7.05 Å². The summed E-state index contributed by atoms with van der Waals surface area (Å²) in [6.45, 7) is 0. The number of phenolic OH excluding ortho intramolecular Hbond substituents is 1. The van der Waals surface area contributed by atoms with Crippen LogP contribution in [0.1, 0.15) is 28.9 Å². The second-order valence-corrected chi connectivity index (χ2v) is 6.23. The zero-order valence-corrected chi connectivity index (χ0v) is 13.9. The molecule has 0 spiro atoms. The van der Waals surface area contributed by atoms with Gasteiger partial charge in [0.15, 0.2) is 5.78 Å². The van der Waals surface area contributed by atoms with Gasteiger partial charge >= 0.3 is 0 Å². The van der Waals surface area contributed by atoms with E-state index in [1.807, 2.05) is 17.7 Å². The molecule has 2 heterocycles. The highest BCUT2D eigenvalue weighted by Crippen LogP contribution is 2.41. The molecular weight excluding hydrogens is 316 g/mol. The van der Waals surface area contributed by atoms with Crippen molar-refractivity contribution in [1.29, 1.82) is 0 Å². The number of phenols is 1. The van der Waals surface area contributed by atoms with Gasteiger partial charge in [0.2, 0.25) is 5.95 Å². The maximum atomic E-state index is 12.7. The summed E-state index contributed by atoms with van der Waals surface area (Å²) in [5.41, 5.74) is 10.6. The van der Waals surface area contributed by atoms with Crippen LogP contribution in [0.2, 0.25) is 0 Å². The van der Waals surface area contributed by atoms with Crippen molar-refractivity contribution in [3.05, 3.63) is 47.8 Å². The Morgan fingerprint density at radius 3 is 2.80 bits per heavy atom. The van der Waals surface area contributed by atoms with Gasteiger partial charge in [-0.15, -0.1) is 0 Å². The molecule has 6 heteroatoms. The molecule has 0 radical (unpaired) electrons. The Morgan fingerprint density at radius 1 is 1.20 bits per heavy atom. The van der Waals surface area contributed by atoms with Gasteiger partial charge < -0.3 is 15.4 Å². The van der Waals surface area contributed by atoms with Gasteiger partial charge in [0.25, 0.3) is 0 Å². The molecule has 4 rings (SSSR count). The summed E-state index contributed by atoms with van der Waals surface area (Å²) in [6.07, 6.45) is 3.82. The molecule has 0 bridgehead atoms. The van der Waals surface area contributed by atoms with Gasteiger partial charge in [0, 0.05) is 36.5 Å². The fourth-order valence-electron chi connectivity index (χ4n) is 3.62. The molecule has 1 aromatic carbocycles. The minimum Gasteiger partial charge on any atom is -0.508 e. The summed E-state index contributed by atoms with van der Waals surface area (Å²) in [5, 5.41) is 9.92. The number of aromatic hydroxyl groups is 1. The van der Waals surface area contributed by atoms with Crippen LogP contribution in [0.15, 0.2) is 36.5 Å². The molecule has 6 nitrogen and oxygen atoms in total. The monoisotopic (exact) mass is 334 g/mol. The summed E-state index contributed by atoms with van der Waals surface area (Å²) in [6, 6.07) is 8.74. The van der Waals surface area contributed by atoms with Crippen molar-refractivity contribution in [3.63, 3.8) is 0 Å². The lowest BCUT2D eigenvalue weighted by atomic mass is 9.90. The third-order valence-electron chi connectivity index (χ3n) is 4.66. The van der Waals surface area contributed by atoms with E-state index in [-0.39, 0.29) is 17.5 Å². The molecule has 0 amide bonds. The Hall–Kier alpha value is -3.15. The number of aromatic nitrogens is 3. The number of anilines is 1. The van der Waals surface area contributed by atoms with Gasteiger partial charge in [-0.2, -0.15) is 0 Å². The van der Waals surface area contributed by atoms with Gasteiger partial charge in [-0.05, 0) is 36.6 Å². The van der Waals surface area contributed by atoms with Crippen LogP contribution in [-0.4, -0.2) is 25.4 Å². The second kappa shape index (κ2) is 5.73. The predicted molar refractivity (Wildman–Crippen MR) is 95.2 cm³/mol. The number of benzene rings is 1. The molecule has 3 N–H and O–H groups in total. The Bertz CT molecular complexity index is 991. The van der Waals surface area contributed by atoms with Crippen molar-refractivity contribution < 1.29 is 9.90 Å². The van der Waals surface area contributed by atoms with E-state index in [0.717, 1.165) is 40.9 Å². The lowest BCUT2D eigenvalue weighted by Crippen LogP contribution is -2.12. The first-order valence-electron chi connectivity index (χ1n) is 8.19. The van der Waals surface area contributed by atoms with Crippen LogP contribution < -0.4 is 5.73 Å². The fraction of sp³-hybridized carbons (Fsp3) is 0.211. The average Bonchev–Trinajstić information content (AvgIpc) is 2.89. The number of hydrogen-bond acceptors (Lipinski definition) is 5. The van der Waals surface area contributed by atoms with E-state index in [0.29, 0.717) is 12.1 Å². The smallest absolute Gasteiger partial charge is 0.220 e. The number of nitrogens with two attached hydrogens (primary N) is 1. The molecule has 3 aromatic rings. The number of rotatable bonds is 2. The van der Waals surface area contributed by atoms with E-state index in [1.165, 1.54) is 0 Å². The number of fused-ring (bicyclic) bond motifs is 1. The Kier molecular flexibility index (Phi) is 3.53. The minimum atomic E-state index is 0.128. The second-order valence-electron chi connectivity index (χ2n) is 6.23. The molecule has 1 aliphatic carbocycles. The van der Waals surface area contributed by atoms with E-state index in [2.05, 4.69) is 9.97 Å². The topological polar surface area (TPSA) is 94.0 Å². The lowest BCUT2D eigenvalue weighted by molar-refractivity contribution is 0.0972. The number of Topliss-reactive ketones (excluding diaryl/α,β-unsaturated/α-hetero) is 1. The number of ketones is 1. The van der Waals surface area contributed by atoms with Gasteiger partial charge in [0.1, 0.15) is 5.75 Å². The average molecular weight is 334 g/mol. The Labute approximate surface area is 145 Å². The van der Waals surface area contributed by atoms with Gasteiger partial charge in [0.05, 0.1) is 11.4 Å². The molecule has 0 fully saturated rings. The predicted octanol–water partition coefficient (Wildman–Crippen LogP) is 2.96. The summed E-state index contributed by atoms with van der Waals surface area (Å²) >= 11 is 0. The molecule has 2 aromatic heterocycles. The van der Waals surface area contributed by atoms with Crippen LogP contribution in [0.4, 0.5) is 5.95 Å². The molecule has 0 atom stereocenters. The van der Waals surface area contributed by atoms with Gasteiger partial charge in [-0.1, -0.05) is 12.1 Å². The molecule has 0 saturated heterocycles. The quantitative estimate of drug-likeness (QED) is 0.751. The summed E-state index contributed by atoms with van der Waals surface area (Å²) in [5.74, 6) is 0.472. The van der Waals surface area contributed by atoms with Crippen LogP contribution in [0.25, 0.3) is 22.5 Å². The zero-order chi connectivity index (χ0) is 17.6. The SMILES string of the molecule is Cn1c2c(c(-c3cccc(O)c3)c1-c1ccnc(N)n1)C(=O)CCC2. The number of carbonyl (C=O) groups is 1. The Morgan fingerprint density at radius 2 is 2.04 bits per heavy atom. The third-order valence-corrected chi connectivity index (χ3v) is 4.66. The standard InChI is InChI=1S/C19H18N4O2/c1-23-14-6-3-7-15(25)17(14)16(11-4-2-5-12(24)10-11)18(23)13-8-9-21-19(20)22-13/h2,4-5,8-10,24H,3,6-7H2,1H3,(H2,20,21,22). The summed E-state index contributed by atoms with van der Waals surface area (Å²) < 4.78 is 2.02. The molecule has 0 unspecified atom stereocenters. The molecule has 126 valence electrons. The van der Waals surface area contributed by atoms with Crippen molar-refractivity contribution in [2.75, 3.05) is 5.73 Å². The number of carbonyl (C=O) groups excluding carboxylic acids is 1. The fourth-order valence-corrected chi connectivity index (χ4v) is 3.62. The largest absolute Gasteiger partial charge is 0.508 e. The number of nitrogen functional groups attached to an aromatic ring is 1. The Balaban J connectivity index is 2.08. The molecule has 25 heavy (non-hydrogen) atoms. The first kappa shape index (κ1) is 15.4. The van der Waals surface area contributed by atoms with E-state index in [4.69, 9.17) is 5.73 Å². The molecule has 0 saturated carbocycles. The van der Waals surface area contributed by atoms with Gasteiger partial charge in [-0.25, -0.2) is 9.97 Å². The van der Waals surface area contributed by atoms with Crippen LogP contribution in [0.5, 0.6) is 5.75 Å². The maximum absolute atomic E-state index is 12.7. The van der Waals surface area contributed by atoms with Crippen LogP contribution in [0.3, 0.4) is 0 Å². The minimum absolute atomic E-state index is 0.128. The van der Waals surface area contributed by atoms with Crippen molar-refractivity contribution >= 4 is 11.7 Å².